The van der Waals surface area contributed by atoms with E-state index in [0.717, 1.165) is 0 Å². The molecule has 0 spiro atoms. The largest absolute Gasteiger partial charge is 0.366 e. The molecule has 13 heavy (non-hydrogen) atoms. The summed E-state index contributed by atoms with van der Waals surface area (Å²) in [6.45, 7) is 4.30. The van der Waals surface area contributed by atoms with E-state index in [1.165, 1.54) is 15.3 Å². The highest BCUT2D eigenvalue weighted by molar-refractivity contribution is 7.12. The lowest BCUT2D eigenvalue weighted by Gasteiger charge is -2.14. The van der Waals surface area contributed by atoms with Crippen molar-refractivity contribution >= 4 is 17.7 Å². The smallest absolute Gasteiger partial charge is 0.0886 e. The van der Waals surface area contributed by atoms with Crippen molar-refractivity contribution in [3.05, 3.63) is 33.7 Å². The second-order valence-corrected chi connectivity index (χ2v) is 4.59. The van der Waals surface area contributed by atoms with Crippen LogP contribution >= 0.6 is 11.3 Å². The zero-order valence-electron chi connectivity index (χ0n) is 7.74. The number of hydrogen-bond donors (Lipinski definition) is 1. The van der Waals surface area contributed by atoms with E-state index in [0.29, 0.717) is 6.04 Å². The molecule has 1 aromatic rings. The molecule has 1 atom stereocenters. The number of nitrogens with zero attached hydrogens (tertiary/aromatic N) is 1. The molecule has 2 heterocycles. The summed E-state index contributed by atoms with van der Waals surface area (Å²) >= 11 is 1.84. The normalized spacial score (nSPS) is 20.3. The van der Waals surface area contributed by atoms with Gasteiger partial charge in [-0.05, 0) is 31.6 Å². The van der Waals surface area contributed by atoms with Gasteiger partial charge in [0.25, 0.3) is 0 Å². The van der Waals surface area contributed by atoms with Gasteiger partial charge in [-0.2, -0.15) is 0 Å². The van der Waals surface area contributed by atoms with Crippen LogP contribution in [0.15, 0.2) is 23.3 Å². The average molecular weight is 192 g/mol. The van der Waals surface area contributed by atoms with E-state index >= 15 is 0 Å². The Labute approximate surface area is 82.0 Å². The van der Waals surface area contributed by atoms with Gasteiger partial charge in [0.05, 0.1) is 12.4 Å². The zero-order chi connectivity index (χ0) is 9.26. The van der Waals surface area contributed by atoms with Crippen LogP contribution in [-0.4, -0.2) is 6.34 Å². The number of rotatable bonds is 1. The van der Waals surface area contributed by atoms with Crippen LogP contribution in [0.2, 0.25) is 0 Å². The second-order valence-electron chi connectivity index (χ2n) is 3.13. The standard InChI is InChI=1S/C10H12N2S/c1-7-5-9(8(2)13-7)10-3-4-11-6-12-10/h3-6,10H,1-2H3,(H,11,12)/t10-/m0/s1. The van der Waals surface area contributed by atoms with Crippen molar-refractivity contribution in [2.45, 2.75) is 19.9 Å². The first-order valence-electron chi connectivity index (χ1n) is 4.28. The molecule has 2 rings (SSSR count). The molecule has 0 aliphatic carbocycles. The van der Waals surface area contributed by atoms with Crippen LogP contribution in [-0.2, 0) is 0 Å². The molecule has 0 saturated carbocycles. The molecule has 1 aliphatic rings. The Morgan fingerprint density at radius 2 is 2.31 bits per heavy atom. The maximum atomic E-state index is 3.98. The minimum absolute atomic E-state index is 0.308. The molecule has 2 nitrogen and oxygen atoms in total. The molecule has 0 radical (unpaired) electrons. The first-order chi connectivity index (χ1) is 6.27. The lowest BCUT2D eigenvalue weighted by molar-refractivity contribution is 0.788. The quantitative estimate of drug-likeness (QED) is 0.726. The highest BCUT2D eigenvalue weighted by atomic mass is 32.1. The molecular formula is C10H12N2S. The molecule has 0 saturated heterocycles. The Balaban J connectivity index is 2.30. The molecular weight excluding hydrogens is 180 g/mol. The molecule has 0 bridgehead atoms. The van der Waals surface area contributed by atoms with Gasteiger partial charge < -0.3 is 5.32 Å². The van der Waals surface area contributed by atoms with Gasteiger partial charge in [0.2, 0.25) is 0 Å². The summed E-state index contributed by atoms with van der Waals surface area (Å²) in [5, 5.41) is 3.22. The molecule has 0 amide bonds. The summed E-state index contributed by atoms with van der Waals surface area (Å²) in [4.78, 5) is 6.73. The highest BCUT2D eigenvalue weighted by Gasteiger charge is 2.12. The van der Waals surface area contributed by atoms with Gasteiger partial charge in [-0.3, -0.25) is 0 Å². The molecule has 68 valence electrons. The maximum absolute atomic E-state index is 3.98. The number of nitrogens with one attached hydrogen (secondary N) is 1. The van der Waals surface area contributed by atoms with E-state index in [2.05, 4.69) is 36.3 Å². The van der Waals surface area contributed by atoms with Crippen molar-refractivity contribution in [3.8, 4) is 0 Å². The topological polar surface area (TPSA) is 24.4 Å². The Bertz CT molecular complexity index is 363. The summed E-state index contributed by atoms with van der Waals surface area (Å²) < 4.78 is 0. The third-order valence-corrected chi connectivity index (χ3v) is 3.09. The van der Waals surface area contributed by atoms with E-state index in [1.54, 1.807) is 6.34 Å². The molecule has 0 fully saturated rings. The summed E-state index contributed by atoms with van der Waals surface area (Å²) in [6, 6.07) is 2.55. The zero-order valence-corrected chi connectivity index (χ0v) is 8.56. The van der Waals surface area contributed by atoms with Crippen LogP contribution in [0.3, 0.4) is 0 Å². The van der Waals surface area contributed by atoms with Gasteiger partial charge in [0.15, 0.2) is 0 Å². The predicted octanol–water partition coefficient (Wildman–Crippen LogP) is 2.55. The van der Waals surface area contributed by atoms with Crippen LogP contribution in [0.25, 0.3) is 0 Å². The van der Waals surface area contributed by atoms with Gasteiger partial charge in [-0.1, -0.05) is 0 Å². The van der Waals surface area contributed by atoms with Crippen molar-refractivity contribution < 1.29 is 0 Å². The van der Waals surface area contributed by atoms with E-state index in [9.17, 15) is 0 Å². The Kier molecular flexibility index (Phi) is 2.19. The first kappa shape index (κ1) is 8.51. The number of aliphatic imine (C=N–C) groups is 1. The van der Waals surface area contributed by atoms with Gasteiger partial charge in [-0.15, -0.1) is 11.3 Å². The minimum Gasteiger partial charge on any atom is -0.366 e. The molecule has 0 aromatic carbocycles. The minimum atomic E-state index is 0.308. The van der Waals surface area contributed by atoms with E-state index in [1.807, 2.05) is 17.5 Å². The lowest BCUT2D eigenvalue weighted by Crippen LogP contribution is -2.19. The third kappa shape index (κ3) is 1.65. The van der Waals surface area contributed by atoms with Gasteiger partial charge in [0.1, 0.15) is 0 Å². The summed E-state index contributed by atoms with van der Waals surface area (Å²) in [5.74, 6) is 0. The highest BCUT2D eigenvalue weighted by Crippen LogP contribution is 2.27. The summed E-state index contributed by atoms with van der Waals surface area (Å²) in [7, 11) is 0. The lowest BCUT2D eigenvalue weighted by atomic mass is 10.1. The van der Waals surface area contributed by atoms with E-state index < -0.39 is 0 Å². The first-order valence-corrected chi connectivity index (χ1v) is 5.10. The van der Waals surface area contributed by atoms with Crippen molar-refractivity contribution in [2.24, 2.45) is 4.99 Å². The number of hydrogen-bond acceptors (Lipinski definition) is 3. The van der Waals surface area contributed by atoms with Crippen molar-refractivity contribution in [1.82, 2.24) is 5.32 Å². The molecule has 0 unspecified atom stereocenters. The van der Waals surface area contributed by atoms with E-state index in [4.69, 9.17) is 0 Å². The van der Waals surface area contributed by atoms with Gasteiger partial charge in [-0.25, -0.2) is 4.99 Å². The van der Waals surface area contributed by atoms with E-state index in [-0.39, 0.29) is 0 Å². The number of aryl methyl sites for hydroxylation is 2. The maximum Gasteiger partial charge on any atom is 0.0886 e. The van der Waals surface area contributed by atoms with Crippen LogP contribution in [0.4, 0.5) is 0 Å². The third-order valence-electron chi connectivity index (χ3n) is 2.11. The average Bonchev–Trinajstić information content (AvgIpc) is 2.47. The molecule has 1 aromatic heterocycles. The van der Waals surface area contributed by atoms with Crippen LogP contribution < -0.4 is 5.32 Å². The van der Waals surface area contributed by atoms with Crippen molar-refractivity contribution in [3.63, 3.8) is 0 Å². The van der Waals surface area contributed by atoms with Gasteiger partial charge in [0, 0.05) is 16.0 Å². The fraction of sp³-hybridized carbons (Fsp3) is 0.300. The van der Waals surface area contributed by atoms with Crippen LogP contribution in [0.5, 0.6) is 0 Å². The summed E-state index contributed by atoms with van der Waals surface area (Å²) in [6.07, 6.45) is 5.67. The van der Waals surface area contributed by atoms with Crippen molar-refractivity contribution in [1.29, 1.82) is 0 Å². The van der Waals surface area contributed by atoms with Crippen LogP contribution in [0, 0.1) is 13.8 Å². The second kappa shape index (κ2) is 3.34. The fourth-order valence-corrected chi connectivity index (χ4v) is 2.48. The van der Waals surface area contributed by atoms with Crippen molar-refractivity contribution in [2.75, 3.05) is 0 Å². The summed E-state index contributed by atoms with van der Waals surface area (Å²) in [5.41, 5.74) is 1.37. The fourth-order valence-electron chi connectivity index (χ4n) is 1.51. The Hall–Kier alpha value is -1.09. The molecule has 1 N–H and O–H groups in total. The predicted molar refractivity (Wildman–Crippen MR) is 57.3 cm³/mol. The van der Waals surface area contributed by atoms with Crippen LogP contribution in [0.1, 0.15) is 21.4 Å². The monoisotopic (exact) mass is 192 g/mol. The molecule has 1 aliphatic heterocycles. The number of thiophene rings is 1. The Morgan fingerprint density at radius 1 is 1.46 bits per heavy atom. The SMILES string of the molecule is Cc1cc([C@@H]2C=CN=CN2)c(C)s1. The Morgan fingerprint density at radius 3 is 2.85 bits per heavy atom. The van der Waals surface area contributed by atoms with Gasteiger partial charge >= 0.3 is 0 Å². The molecule has 3 heteroatoms.